The number of guanidine groups is 1. The van der Waals surface area contributed by atoms with Gasteiger partial charge in [0.25, 0.3) is 0 Å². The van der Waals surface area contributed by atoms with Gasteiger partial charge in [-0.3, -0.25) is 9.79 Å². The van der Waals surface area contributed by atoms with Gasteiger partial charge in [0.05, 0.1) is 25.4 Å². The van der Waals surface area contributed by atoms with Crippen molar-refractivity contribution in [3.05, 3.63) is 47.8 Å². The van der Waals surface area contributed by atoms with E-state index in [0.717, 1.165) is 18.6 Å². The molecular weight excluding hydrogens is 389 g/mol. The van der Waals surface area contributed by atoms with Gasteiger partial charge in [0.2, 0.25) is 5.91 Å². The second-order valence-corrected chi connectivity index (χ2v) is 6.03. The Hall–Kier alpha value is -3.43. The number of halogens is 3. The van der Waals surface area contributed by atoms with Crippen molar-refractivity contribution >= 4 is 23.2 Å². The Kier molecular flexibility index (Phi) is 6.43. The van der Waals surface area contributed by atoms with Gasteiger partial charge in [-0.2, -0.15) is 0 Å². The molecule has 0 saturated carbocycles. The van der Waals surface area contributed by atoms with E-state index >= 15 is 0 Å². The van der Waals surface area contributed by atoms with Crippen molar-refractivity contribution < 1.29 is 27.4 Å². The number of amides is 1. The van der Waals surface area contributed by atoms with Crippen LogP contribution in [0.5, 0.6) is 11.5 Å². The molecule has 2 aromatic rings. The Morgan fingerprint density at radius 3 is 2.55 bits per heavy atom. The van der Waals surface area contributed by atoms with Crippen molar-refractivity contribution in [2.45, 2.75) is 6.42 Å². The molecule has 1 aliphatic rings. The number of hydrogen-bond donors (Lipinski definition) is 3. The van der Waals surface area contributed by atoms with E-state index in [2.05, 4.69) is 20.9 Å². The number of hydrogen-bond acceptors (Lipinski definition) is 4. The Labute approximate surface area is 164 Å². The summed E-state index contributed by atoms with van der Waals surface area (Å²) in [6.07, 6.45) is 0.786. The third-order valence-corrected chi connectivity index (χ3v) is 3.96. The first-order valence-corrected chi connectivity index (χ1v) is 8.78. The quantitative estimate of drug-likeness (QED) is 0.412. The molecule has 0 aliphatic carbocycles. The molecule has 154 valence electrons. The van der Waals surface area contributed by atoms with Crippen LogP contribution >= 0.6 is 0 Å². The van der Waals surface area contributed by atoms with Crippen molar-refractivity contribution in [1.82, 2.24) is 5.32 Å². The summed E-state index contributed by atoms with van der Waals surface area (Å²) in [5.41, 5.74) is 0.191. The third-order valence-electron chi connectivity index (χ3n) is 3.96. The van der Waals surface area contributed by atoms with E-state index in [9.17, 15) is 18.0 Å². The molecule has 0 bridgehead atoms. The summed E-state index contributed by atoms with van der Waals surface area (Å²) >= 11 is 0. The van der Waals surface area contributed by atoms with E-state index in [-0.39, 0.29) is 12.5 Å². The van der Waals surface area contributed by atoms with E-state index in [1.165, 1.54) is 7.05 Å². The number of nitrogens with one attached hydrogen (secondary N) is 3. The van der Waals surface area contributed by atoms with E-state index in [4.69, 9.17) is 9.47 Å². The molecule has 0 aromatic heterocycles. The van der Waals surface area contributed by atoms with Gasteiger partial charge in [-0.15, -0.1) is 0 Å². The molecule has 7 nitrogen and oxygen atoms in total. The summed E-state index contributed by atoms with van der Waals surface area (Å²) in [4.78, 5) is 16.0. The van der Waals surface area contributed by atoms with Crippen molar-refractivity contribution in [2.75, 3.05) is 37.4 Å². The summed E-state index contributed by atoms with van der Waals surface area (Å²) in [7, 11) is 1.51. The molecule has 0 spiro atoms. The summed E-state index contributed by atoms with van der Waals surface area (Å²) in [5.74, 6) is -3.62. The molecule has 29 heavy (non-hydrogen) atoms. The lowest BCUT2D eigenvalue weighted by Crippen LogP contribution is -2.37. The number of fused-ring (bicyclic) bond motifs is 1. The number of nitrogens with zero attached hydrogens (tertiary/aromatic N) is 1. The number of carbonyl (C=O) groups excluding carboxylic acids is 1. The van der Waals surface area contributed by atoms with Crippen LogP contribution in [0.3, 0.4) is 0 Å². The fraction of sp³-hybridized carbons (Fsp3) is 0.263. The average molecular weight is 408 g/mol. The topological polar surface area (TPSA) is 84.0 Å². The Bertz CT molecular complexity index is 937. The van der Waals surface area contributed by atoms with E-state index in [1.54, 1.807) is 18.2 Å². The Morgan fingerprint density at radius 2 is 1.79 bits per heavy atom. The van der Waals surface area contributed by atoms with Gasteiger partial charge in [-0.05, 0) is 24.3 Å². The Morgan fingerprint density at radius 1 is 1.03 bits per heavy atom. The lowest BCUT2D eigenvalue weighted by molar-refractivity contribution is -0.115. The molecule has 0 atom stereocenters. The van der Waals surface area contributed by atoms with Crippen LogP contribution in [0.2, 0.25) is 0 Å². The molecule has 0 unspecified atom stereocenters. The maximum atomic E-state index is 13.6. The molecule has 2 aromatic carbocycles. The van der Waals surface area contributed by atoms with E-state index < -0.39 is 29.0 Å². The number of ether oxygens (including phenoxy) is 2. The largest absolute Gasteiger partial charge is 0.490 e. The zero-order valence-electron chi connectivity index (χ0n) is 15.5. The molecule has 0 saturated heterocycles. The van der Waals surface area contributed by atoms with Gasteiger partial charge in [0.15, 0.2) is 34.9 Å². The number of rotatable bonds is 4. The van der Waals surface area contributed by atoms with Crippen LogP contribution in [-0.4, -0.2) is 38.7 Å². The first-order valence-electron chi connectivity index (χ1n) is 8.78. The van der Waals surface area contributed by atoms with Crippen LogP contribution in [0.1, 0.15) is 6.42 Å². The van der Waals surface area contributed by atoms with Gasteiger partial charge in [-0.25, -0.2) is 13.2 Å². The predicted molar refractivity (Wildman–Crippen MR) is 102 cm³/mol. The molecule has 3 rings (SSSR count). The first kappa shape index (κ1) is 20.3. The summed E-state index contributed by atoms with van der Waals surface area (Å²) in [5, 5.41) is 7.89. The summed E-state index contributed by atoms with van der Waals surface area (Å²) in [6, 6.07) is 6.93. The molecule has 10 heteroatoms. The number of carbonyl (C=O) groups is 1. The minimum absolute atomic E-state index is 0.264. The second-order valence-electron chi connectivity index (χ2n) is 6.03. The minimum Gasteiger partial charge on any atom is -0.490 e. The zero-order chi connectivity index (χ0) is 20.8. The van der Waals surface area contributed by atoms with Crippen LogP contribution < -0.4 is 25.4 Å². The summed E-state index contributed by atoms with van der Waals surface area (Å²) < 4.78 is 51.0. The number of aliphatic imine (C=N–C) groups is 1. The highest BCUT2D eigenvalue weighted by Gasteiger charge is 2.16. The molecule has 1 amide bonds. The van der Waals surface area contributed by atoms with Crippen molar-refractivity contribution in [2.24, 2.45) is 4.99 Å². The van der Waals surface area contributed by atoms with Crippen LogP contribution in [0.25, 0.3) is 0 Å². The van der Waals surface area contributed by atoms with Gasteiger partial charge in [0.1, 0.15) is 0 Å². The lowest BCUT2D eigenvalue weighted by atomic mass is 10.2. The fourth-order valence-electron chi connectivity index (χ4n) is 2.54. The lowest BCUT2D eigenvalue weighted by Gasteiger charge is -2.14. The van der Waals surface area contributed by atoms with Crippen molar-refractivity contribution in [3.8, 4) is 11.5 Å². The van der Waals surface area contributed by atoms with Gasteiger partial charge < -0.3 is 25.4 Å². The standard InChI is InChI=1S/C19H19F3N4O3/c1-23-19(25-11-3-6-14-15(9-11)29-8-2-7-28-14)24-10-16(27)26-13-5-4-12(20)17(21)18(13)22/h3-6,9H,2,7-8,10H2,1H3,(H,26,27)(H2,23,24,25). The zero-order valence-corrected chi connectivity index (χ0v) is 15.5. The van der Waals surface area contributed by atoms with Gasteiger partial charge in [-0.1, -0.05) is 0 Å². The molecular formula is C19H19F3N4O3. The maximum absolute atomic E-state index is 13.6. The molecule has 0 radical (unpaired) electrons. The molecule has 3 N–H and O–H groups in total. The Balaban J connectivity index is 1.57. The van der Waals surface area contributed by atoms with Crippen molar-refractivity contribution in [1.29, 1.82) is 0 Å². The molecule has 0 fully saturated rings. The van der Waals surface area contributed by atoms with Crippen LogP contribution in [-0.2, 0) is 4.79 Å². The number of benzene rings is 2. The minimum atomic E-state index is -1.65. The van der Waals surface area contributed by atoms with E-state index in [0.29, 0.717) is 30.4 Å². The highest BCUT2D eigenvalue weighted by Crippen LogP contribution is 2.32. The monoisotopic (exact) mass is 408 g/mol. The average Bonchev–Trinajstić information content (AvgIpc) is 2.96. The third kappa shape index (κ3) is 5.09. The smallest absolute Gasteiger partial charge is 0.243 e. The fourth-order valence-corrected chi connectivity index (χ4v) is 2.54. The van der Waals surface area contributed by atoms with E-state index in [1.807, 2.05) is 0 Å². The van der Waals surface area contributed by atoms with Gasteiger partial charge >= 0.3 is 0 Å². The normalized spacial score (nSPS) is 13.4. The SMILES string of the molecule is CN=C(NCC(=O)Nc1ccc(F)c(F)c1F)Nc1ccc2c(c1)OCCCO2. The van der Waals surface area contributed by atoms with Gasteiger partial charge in [0, 0.05) is 25.2 Å². The molecule has 1 aliphatic heterocycles. The van der Waals surface area contributed by atoms with Crippen LogP contribution in [0.15, 0.2) is 35.3 Å². The predicted octanol–water partition coefficient (Wildman–Crippen LogP) is 2.89. The summed E-state index contributed by atoms with van der Waals surface area (Å²) in [6.45, 7) is 0.837. The van der Waals surface area contributed by atoms with Crippen LogP contribution in [0, 0.1) is 17.5 Å². The molecule has 1 heterocycles. The highest BCUT2D eigenvalue weighted by molar-refractivity contribution is 5.99. The van der Waals surface area contributed by atoms with Crippen LogP contribution in [0.4, 0.5) is 24.5 Å². The second kappa shape index (κ2) is 9.18. The highest BCUT2D eigenvalue weighted by atomic mass is 19.2. The number of anilines is 2. The first-order chi connectivity index (χ1) is 14.0. The maximum Gasteiger partial charge on any atom is 0.243 e. The van der Waals surface area contributed by atoms with Crippen molar-refractivity contribution in [3.63, 3.8) is 0 Å².